The molecule has 0 bridgehead atoms. The van der Waals surface area contributed by atoms with Crippen LogP contribution in [-0.2, 0) is 4.74 Å². The molecule has 0 unspecified atom stereocenters. The fourth-order valence-corrected chi connectivity index (χ4v) is 2.71. The second-order valence-electron chi connectivity index (χ2n) is 4.00. The highest BCUT2D eigenvalue weighted by Crippen LogP contribution is 2.31. The SMILES string of the molecule is CCOCCCNC(=O)c1sc2cccnc2c1N. The van der Waals surface area contributed by atoms with Gasteiger partial charge in [-0.3, -0.25) is 9.78 Å². The fraction of sp³-hybridized carbons (Fsp3) is 0.385. The van der Waals surface area contributed by atoms with Gasteiger partial charge in [-0.15, -0.1) is 11.3 Å². The van der Waals surface area contributed by atoms with Crippen LogP contribution in [0.15, 0.2) is 18.3 Å². The third-order valence-corrected chi connectivity index (χ3v) is 3.80. The Balaban J connectivity index is 1.99. The number of anilines is 1. The summed E-state index contributed by atoms with van der Waals surface area (Å²) in [5.74, 6) is -0.142. The summed E-state index contributed by atoms with van der Waals surface area (Å²) in [6, 6.07) is 3.75. The number of nitrogens with two attached hydrogens (primary N) is 1. The zero-order chi connectivity index (χ0) is 13.7. The monoisotopic (exact) mass is 279 g/mol. The van der Waals surface area contributed by atoms with Crippen LogP contribution in [-0.4, -0.2) is 30.6 Å². The van der Waals surface area contributed by atoms with E-state index < -0.39 is 0 Å². The molecule has 2 aromatic rings. The molecular weight excluding hydrogens is 262 g/mol. The van der Waals surface area contributed by atoms with E-state index in [0.29, 0.717) is 35.8 Å². The van der Waals surface area contributed by atoms with Crippen molar-refractivity contribution >= 4 is 33.1 Å². The van der Waals surface area contributed by atoms with Crippen LogP contribution >= 0.6 is 11.3 Å². The summed E-state index contributed by atoms with van der Waals surface area (Å²) in [6.45, 7) is 3.88. The molecule has 19 heavy (non-hydrogen) atoms. The van der Waals surface area contributed by atoms with Gasteiger partial charge in [-0.05, 0) is 25.5 Å². The van der Waals surface area contributed by atoms with Gasteiger partial charge in [0.2, 0.25) is 0 Å². The molecule has 0 aromatic carbocycles. The van der Waals surface area contributed by atoms with E-state index in [4.69, 9.17) is 10.5 Å². The summed E-state index contributed by atoms with van der Waals surface area (Å²) in [4.78, 5) is 16.7. The number of rotatable bonds is 6. The highest BCUT2D eigenvalue weighted by atomic mass is 32.1. The summed E-state index contributed by atoms with van der Waals surface area (Å²) in [7, 11) is 0. The standard InChI is InChI=1S/C13H17N3O2S/c1-2-18-8-4-7-16-13(17)12-10(14)11-9(19-12)5-3-6-15-11/h3,5-6H,2,4,7-8,14H2,1H3,(H,16,17). The van der Waals surface area contributed by atoms with Crippen LogP contribution in [0.3, 0.4) is 0 Å². The van der Waals surface area contributed by atoms with Gasteiger partial charge >= 0.3 is 0 Å². The molecule has 2 rings (SSSR count). The summed E-state index contributed by atoms with van der Waals surface area (Å²) < 4.78 is 6.14. The highest BCUT2D eigenvalue weighted by molar-refractivity contribution is 7.21. The minimum atomic E-state index is -0.142. The van der Waals surface area contributed by atoms with Crippen molar-refractivity contribution in [2.45, 2.75) is 13.3 Å². The maximum Gasteiger partial charge on any atom is 0.263 e. The molecule has 0 saturated carbocycles. The Morgan fingerprint density at radius 1 is 1.58 bits per heavy atom. The van der Waals surface area contributed by atoms with Crippen molar-refractivity contribution in [1.82, 2.24) is 10.3 Å². The molecule has 0 aliphatic rings. The van der Waals surface area contributed by atoms with Crippen LogP contribution < -0.4 is 11.1 Å². The molecule has 0 atom stereocenters. The molecule has 0 aliphatic heterocycles. The number of nitrogen functional groups attached to an aromatic ring is 1. The molecule has 0 radical (unpaired) electrons. The van der Waals surface area contributed by atoms with Crippen molar-refractivity contribution in [1.29, 1.82) is 0 Å². The third-order valence-electron chi connectivity index (χ3n) is 2.64. The predicted octanol–water partition coefficient (Wildman–Crippen LogP) is 2.03. The number of hydrogen-bond acceptors (Lipinski definition) is 5. The van der Waals surface area contributed by atoms with Gasteiger partial charge in [-0.2, -0.15) is 0 Å². The first kappa shape index (κ1) is 13.8. The smallest absolute Gasteiger partial charge is 0.263 e. The fourth-order valence-electron chi connectivity index (χ4n) is 1.72. The van der Waals surface area contributed by atoms with E-state index in [-0.39, 0.29) is 5.91 Å². The number of carbonyl (C=O) groups is 1. The summed E-state index contributed by atoms with van der Waals surface area (Å²) in [5.41, 5.74) is 7.12. The summed E-state index contributed by atoms with van der Waals surface area (Å²) >= 11 is 1.37. The van der Waals surface area contributed by atoms with Crippen molar-refractivity contribution in [3.63, 3.8) is 0 Å². The van der Waals surface area contributed by atoms with Crippen LogP contribution in [0.4, 0.5) is 5.69 Å². The molecule has 0 spiro atoms. The van der Waals surface area contributed by atoms with Gasteiger partial charge in [-0.1, -0.05) is 0 Å². The van der Waals surface area contributed by atoms with E-state index in [1.54, 1.807) is 6.20 Å². The van der Waals surface area contributed by atoms with E-state index in [2.05, 4.69) is 10.3 Å². The Bertz CT molecular complexity index is 568. The Kier molecular flexibility index (Phi) is 4.70. The predicted molar refractivity (Wildman–Crippen MR) is 77.5 cm³/mol. The van der Waals surface area contributed by atoms with Gasteiger partial charge < -0.3 is 15.8 Å². The first-order valence-corrected chi connectivity index (χ1v) is 7.04. The third kappa shape index (κ3) is 3.21. The molecule has 0 aliphatic carbocycles. The lowest BCUT2D eigenvalue weighted by atomic mass is 10.3. The topological polar surface area (TPSA) is 77.2 Å². The largest absolute Gasteiger partial charge is 0.396 e. The van der Waals surface area contributed by atoms with E-state index in [9.17, 15) is 4.79 Å². The molecule has 3 N–H and O–H groups in total. The average molecular weight is 279 g/mol. The number of nitrogens with zero attached hydrogens (tertiary/aromatic N) is 1. The molecule has 5 nitrogen and oxygen atoms in total. The van der Waals surface area contributed by atoms with Crippen molar-refractivity contribution < 1.29 is 9.53 Å². The van der Waals surface area contributed by atoms with Crippen molar-refractivity contribution in [3.8, 4) is 0 Å². The van der Waals surface area contributed by atoms with E-state index >= 15 is 0 Å². The highest BCUT2D eigenvalue weighted by Gasteiger charge is 2.16. The van der Waals surface area contributed by atoms with Gasteiger partial charge in [0.05, 0.1) is 10.4 Å². The zero-order valence-electron chi connectivity index (χ0n) is 10.8. The zero-order valence-corrected chi connectivity index (χ0v) is 11.6. The number of amides is 1. The van der Waals surface area contributed by atoms with Gasteiger partial charge in [0, 0.05) is 26.0 Å². The van der Waals surface area contributed by atoms with Crippen LogP contribution in [0.5, 0.6) is 0 Å². The summed E-state index contributed by atoms with van der Waals surface area (Å²) in [6.07, 6.45) is 2.47. The Morgan fingerprint density at radius 3 is 3.16 bits per heavy atom. The van der Waals surface area contributed by atoms with Gasteiger partial charge in [0.25, 0.3) is 5.91 Å². The van der Waals surface area contributed by atoms with Crippen LogP contribution in [0.25, 0.3) is 10.2 Å². The lowest BCUT2D eigenvalue weighted by Crippen LogP contribution is -2.25. The van der Waals surface area contributed by atoms with Crippen LogP contribution in [0.2, 0.25) is 0 Å². The molecule has 0 fully saturated rings. The van der Waals surface area contributed by atoms with Crippen molar-refractivity contribution in [3.05, 3.63) is 23.2 Å². The minimum absolute atomic E-state index is 0.142. The quantitative estimate of drug-likeness (QED) is 0.793. The lowest BCUT2D eigenvalue weighted by molar-refractivity contribution is 0.0949. The Morgan fingerprint density at radius 2 is 2.42 bits per heavy atom. The second kappa shape index (κ2) is 6.49. The number of thiophene rings is 1. The average Bonchev–Trinajstić information content (AvgIpc) is 2.76. The number of ether oxygens (including phenoxy) is 1. The number of aromatic nitrogens is 1. The first-order valence-electron chi connectivity index (χ1n) is 6.23. The number of nitrogens with one attached hydrogen (secondary N) is 1. The first-order chi connectivity index (χ1) is 9.24. The van der Waals surface area contributed by atoms with E-state index in [1.807, 2.05) is 19.1 Å². The van der Waals surface area contributed by atoms with Crippen LogP contribution in [0.1, 0.15) is 23.0 Å². The molecule has 0 saturated heterocycles. The van der Waals surface area contributed by atoms with E-state index in [0.717, 1.165) is 11.1 Å². The van der Waals surface area contributed by atoms with E-state index in [1.165, 1.54) is 11.3 Å². The minimum Gasteiger partial charge on any atom is -0.396 e. The molecule has 1 amide bonds. The molecular formula is C13H17N3O2S. The maximum atomic E-state index is 12.0. The number of pyridine rings is 1. The Labute approximate surface area is 115 Å². The van der Waals surface area contributed by atoms with Crippen molar-refractivity contribution in [2.75, 3.05) is 25.5 Å². The van der Waals surface area contributed by atoms with Crippen molar-refractivity contribution in [2.24, 2.45) is 0 Å². The Hall–Kier alpha value is -1.66. The number of fused-ring (bicyclic) bond motifs is 1. The maximum absolute atomic E-state index is 12.0. The molecule has 2 aromatic heterocycles. The van der Waals surface area contributed by atoms with Crippen LogP contribution in [0, 0.1) is 0 Å². The molecule has 102 valence electrons. The number of carbonyl (C=O) groups excluding carboxylic acids is 1. The normalized spacial score (nSPS) is 10.8. The van der Waals surface area contributed by atoms with Gasteiger partial charge in [0.1, 0.15) is 10.4 Å². The molecule has 6 heteroatoms. The second-order valence-corrected chi connectivity index (χ2v) is 5.05. The van der Waals surface area contributed by atoms with Gasteiger partial charge in [-0.25, -0.2) is 0 Å². The molecule has 2 heterocycles. The summed E-state index contributed by atoms with van der Waals surface area (Å²) in [5, 5.41) is 2.84. The van der Waals surface area contributed by atoms with Gasteiger partial charge in [0.15, 0.2) is 0 Å². The lowest BCUT2D eigenvalue weighted by Gasteiger charge is -2.04. The number of hydrogen-bond donors (Lipinski definition) is 2.